The van der Waals surface area contributed by atoms with Crippen molar-refractivity contribution in [1.29, 1.82) is 0 Å². The summed E-state index contributed by atoms with van der Waals surface area (Å²) in [7, 11) is 0. The van der Waals surface area contributed by atoms with Crippen LogP contribution < -0.4 is 10.6 Å². The Balaban J connectivity index is 0.00000256. The van der Waals surface area contributed by atoms with Gasteiger partial charge in [0.1, 0.15) is 0 Å². The Hall–Kier alpha value is -0.280. The molecule has 4 heteroatoms. The summed E-state index contributed by atoms with van der Waals surface area (Å²) in [6, 6.07) is 0. The number of nitrogens with one attached hydrogen (secondary N) is 2. The maximum absolute atomic E-state index is 11.6. The van der Waals surface area contributed by atoms with E-state index >= 15 is 0 Å². The SMILES string of the molecule is CC(C)(C)CC(=O)NCCC1CCCNC1.Cl. The second-order valence-electron chi connectivity index (χ2n) is 6.09. The molecular weight excluding hydrogens is 236 g/mol. The second kappa shape index (κ2) is 7.93. The maximum Gasteiger partial charge on any atom is 0.220 e. The van der Waals surface area contributed by atoms with Gasteiger partial charge in [-0.15, -0.1) is 12.4 Å². The van der Waals surface area contributed by atoms with Crippen LogP contribution in [0.1, 0.15) is 46.5 Å². The molecule has 0 aromatic carbocycles. The highest BCUT2D eigenvalue weighted by atomic mass is 35.5. The summed E-state index contributed by atoms with van der Waals surface area (Å²) in [5.74, 6) is 0.944. The molecule has 2 N–H and O–H groups in total. The summed E-state index contributed by atoms with van der Waals surface area (Å²) < 4.78 is 0. The van der Waals surface area contributed by atoms with Gasteiger partial charge in [-0.05, 0) is 43.7 Å². The number of amides is 1. The van der Waals surface area contributed by atoms with Gasteiger partial charge in [-0.2, -0.15) is 0 Å². The number of hydrogen-bond acceptors (Lipinski definition) is 2. The fraction of sp³-hybridized carbons (Fsp3) is 0.923. The summed E-state index contributed by atoms with van der Waals surface area (Å²) in [5.41, 5.74) is 0.0937. The van der Waals surface area contributed by atoms with Gasteiger partial charge in [0, 0.05) is 13.0 Å². The van der Waals surface area contributed by atoms with Crippen molar-refractivity contribution in [3.8, 4) is 0 Å². The molecule has 1 saturated heterocycles. The van der Waals surface area contributed by atoms with Crippen molar-refractivity contribution in [2.45, 2.75) is 46.5 Å². The lowest BCUT2D eigenvalue weighted by Crippen LogP contribution is -2.34. The predicted octanol–water partition coefficient (Wildman–Crippen LogP) is 2.35. The molecule has 17 heavy (non-hydrogen) atoms. The molecule has 1 unspecified atom stereocenters. The zero-order valence-corrected chi connectivity index (χ0v) is 12.2. The summed E-state index contributed by atoms with van der Waals surface area (Å²) >= 11 is 0. The van der Waals surface area contributed by atoms with Crippen molar-refractivity contribution < 1.29 is 4.79 Å². The van der Waals surface area contributed by atoms with Gasteiger partial charge >= 0.3 is 0 Å². The first-order valence-corrected chi connectivity index (χ1v) is 6.45. The van der Waals surface area contributed by atoms with Crippen LogP contribution in [0.2, 0.25) is 0 Å². The van der Waals surface area contributed by atoms with Crippen LogP contribution in [0, 0.1) is 11.3 Å². The summed E-state index contributed by atoms with van der Waals surface area (Å²) in [6.07, 6.45) is 4.32. The minimum atomic E-state index is 0. The van der Waals surface area contributed by atoms with Crippen molar-refractivity contribution >= 4 is 18.3 Å². The lowest BCUT2D eigenvalue weighted by molar-refractivity contribution is -0.122. The van der Waals surface area contributed by atoms with Crippen LogP contribution in [0.4, 0.5) is 0 Å². The number of rotatable bonds is 4. The van der Waals surface area contributed by atoms with Gasteiger partial charge < -0.3 is 10.6 Å². The average Bonchev–Trinajstić information content (AvgIpc) is 2.16. The molecule has 1 aliphatic heterocycles. The van der Waals surface area contributed by atoms with Crippen LogP contribution in [0.15, 0.2) is 0 Å². The highest BCUT2D eigenvalue weighted by Gasteiger charge is 2.16. The normalized spacial score (nSPS) is 20.5. The van der Waals surface area contributed by atoms with Gasteiger partial charge in [0.2, 0.25) is 5.91 Å². The Morgan fingerprint density at radius 2 is 2.12 bits per heavy atom. The van der Waals surface area contributed by atoms with Gasteiger partial charge in [0.05, 0.1) is 0 Å². The molecule has 1 atom stereocenters. The first-order chi connectivity index (χ1) is 7.47. The molecule has 0 aliphatic carbocycles. The van der Waals surface area contributed by atoms with Crippen LogP contribution in [0.5, 0.6) is 0 Å². The highest BCUT2D eigenvalue weighted by Crippen LogP contribution is 2.18. The Morgan fingerprint density at radius 3 is 2.65 bits per heavy atom. The summed E-state index contributed by atoms with van der Waals surface area (Å²) in [4.78, 5) is 11.6. The van der Waals surface area contributed by atoms with Crippen molar-refractivity contribution in [1.82, 2.24) is 10.6 Å². The molecule has 0 aromatic heterocycles. The fourth-order valence-electron chi connectivity index (χ4n) is 2.13. The van der Waals surface area contributed by atoms with Crippen molar-refractivity contribution in [2.24, 2.45) is 11.3 Å². The summed E-state index contributed by atoms with van der Waals surface area (Å²) in [5, 5.41) is 6.42. The van der Waals surface area contributed by atoms with Crippen LogP contribution in [-0.2, 0) is 4.79 Å². The second-order valence-corrected chi connectivity index (χ2v) is 6.09. The third-order valence-corrected chi connectivity index (χ3v) is 2.96. The molecule has 3 nitrogen and oxygen atoms in total. The number of piperidine rings is 1. The minimum absolute atomic E-state index is 0. The van der Waals surface area contributed by atoms with Crippen LogP contribution in [-0.4, -0.2) is 25.5 Å². The molecule has 0 aromatic rings. The molecular formula is C13H27ClN2O. The van der Waals surface area contributed by atoms with Crippen molar-refractivity contribution in [2.75, 3.05) is 19.6 Å². The quantitative estimate of drug-likeness (QED) is 0.817. The maximum atomic E-state index is 11.6. The highest BCUT2D eigenvalue weighted by molar-refractivity contribution is 5.85. The van der Waals surface area contributed by atoms with Crippen molar-refractivity contribution in [3.05, 3.63) is 0 Å². The largest absolute Gasteiger partial charge is 0.356 e. The number of halogens is 1. The van der Waals surface area contributed by atoms with Gasteiger partial charge in [-0.25, -0.2) is 0 Å². The van der Waals surface area contributed by atoms with Crippen LogP contribution in [0.3, 0.4) is 0 Å². The van der Waals surface area contributed by atoms with Gasteiger partial charge in [-0.1, -0.05) is 20.8 Å². The number of carbonyl (C=O) groups excluding carboxylic acids is 1. The van der Waals surface area contributed by atoms with E-state index in [4.69, 9.17) is 0 Å². The van der Waals surface area contributed by atoms with E-state index in [9.17, 15) is 4.79 Å². The molecule has 1 rings (SSSR count). The van der Waals surface area contributed by atoms with Gasteiger partial charge in [0.25, 0.3) is 0 Å². The van der Waals surface area contributed by atoms with E-state index < -0.39 is 0 Å². The fourth-order valence-corrected chi connectivity index (χ4v) is 2.13. The smallest absolute Gasteiger partial charge is 0.220 e. The Bertz CT molecular complexity index is 220. The third-order valence-electron chi connectivity index (χ3n) is 2.96. The molecule has 1 fully saturated rings. The summed E-state index contributed by atoms with van der Waals surface area (Å²) in [6.45, 7) is 9.40. The van der Waals surface area contributed by atoms with E-state index in [1.54, 1.807) is 0 Å². The number of hydrogen-bond donors (Lipinski definition) is 2. The third kappa shape index (κ3) is 8.44. The zero-order chi connectivity index (χ0) is 12.0. The Morgan fingerprint density at radius 1 is 1.41 bits per heavy atom. The molecule has 1 amide bonds. The molecule has 0 spiro atoms. The lowest BCUT2D eigenvalue weighted by atomic mass is 9.92. The molecule has 0 saturated carbocycles. The van der Waals surface area contributed by atoms with E-state index in [2.05, 4.69) is 31.4 Å². The first kappa shape index (κ1) is 16.7. The Labute approximate surface area is 112 Å². The number of carbonyl (C=O) groups is 1. The average molecular weight is 263 g/mol. The standard InChI is InChI=1S/C13H26N2O.ClH/c1-13(2,3)9-12(16)15-8-6-11-5-4-7-14-10-11;/h11,14H,4-10H2,1-3H3,(H,15,16);1H. The molecule has 1 aliphatic rings. The Kier molecular flexibility index (Phi) is 7.80. The molecule has 0 bridgehead atoms. The van der Waals surface area contributed by atoms with Gasteiger partial charge in [0.15, 0.2) is 0 Å². The zero-order valence-electron chi connectivity index (χ0n) is 11.3. The monoisotopic (exact) mass is 262 g/mol. The molecule has 102 valence electrons. The van der Waals surface area contributed by atoms with E-state index in [-0.39, 0.29) is 23.7 Å². The first-order valence-electron chi connectivity index (χ1n) is 6.45. The van der Waals surface area contributed by atoms with E-state index in [0.717, 1.165) is 32.0 Å². The van der Waals surface area contributed by atoms with E-state index in [0.29, 0.717) is 6.42 Å². The van der Waals surface area contributed by atoms with E-state index in [1.165, 1.54) is 12.8 Å². The van der Waals surface area contributed by atoms with E-state index in [1.807, 2.05) is 0 Å². The topological polar surface area (TPSA) is 41.1 Å². The van der Waals surface area contributed by atoms with Crippen LogP contribution in [0.25, 0.3) is 0 Å². The lowest BCUT2D eigenvalue weighted by Gasteiger charge is -2.23. The minimum Gasteiger partial charge on any atom is -0.356 e. The predicted molar refractivity (Wildman–Crippen MR) is 74.5 cm³/mol. The van der Waals surface area contributed by atoms with Gasteiger partial charge in [-0.3, -0.25) is 4.79 Å². The molecule has 0 radical (unpaired) electrons. The van der Waals surface area contributed by atoms with Crippen molar-refractivity contribution in [3.63, 3.8) is 0 Å². The van der Waals surface area contributed by atoms with Crippen LogP contribution >= 0.6 is 12.4 Å². The molecule has 1 heterocycles.